The maximum atomic E-state index is 12.3. The summed E-state index contributed by atoms with van der Waals surface area (Å²) in [5.41, 5.74) is 2.59. The molecule has 0 radical (unpaired) electrons. The molecule has 4 heteroatoms. The lowest BCUT2D eigenvalue weighted by Gasteiger charge is -2.26. The SMILES string of the molecule is CC(C)c1ccc([C@@H]2C[C@H]2C(=O)NC[C@H](O)C2CCOCC2)cc1. The Morgan fingerprint density at radius 1 is 1.25 bits per heavy atom. The predicted octanol–water partition coefficient (Wildman–Crippen LogP) is 2.82. The molecule has 132 valence electrons. The van der Waals surface area contributed by atoms with E-state index in [2.05, 4.69) is 43.4 Å². The number of nitrogens with one attached hydrogen (secondary N) is 1. The van der Waals surface area contributed by atoms with Crippen LogP contribution in [0.4, 0.5) is 0 Å². The number of rotatable bonds is 6. The highest BCUT2D eigenvalue weighted by molar-refractivity contribution is 5.82. The number of carbonyl (C=O) groups is 1. The van der Waals surface area contributed by atoms with E-state index in [1.165, 1.54) is 11.1 Å². The average molecular weight is 331 g/mol. The molecule has 4 nitrogen and oxygen atoms in total. The van der Waals surface area contributed by atoms with Crippen molar-refractivity contribution < 1.29 is 14.6 Å². The van der Waals surface area contributed by atoms with Gasteiger partial charge < -0.3 is 15.2 Å². The maximum absolute atomic E-state index is 12.3. The van der Waals surface area contributed by atoms with Gasteiger partial charge in [0.1, 0.15) is 0 Å². The van der Waals surface area contributed by atoms with Gasteiger partial charge in [-0.25, -0.2) is 0 Å². The molecule has 1 aromatic rings. The molecule has 2 aliphatic rings. The molecule has 3 atom stereocenters. The molecular formula is C20H29NO3. The van der Waals surface area contributed by atoms with Crippen molar-refractivity contribution in [3.63, 3.8) is 0 Å². The van der Waals surface area contributed by atoms with Crippen LogP contribution in [0.3, 0.4) is 0 Å². The summed E-state index contributed by atoms with van der Waals surface area (Å²) in [4.78, 5) is 12.3. The number of benzene rings is 1. The summed E-state index contributed by atoms with van der Waals surface area (Å²) in [6.07, 6.45) is 2.22. The van der Waals surface area contributed by atoms with Crippen molar-refractivity contribution in [2.75, 3.05) is 19.8 Å². The molecule has 24 heavy (non-hydrogen) atoms. The van der Waals surface area contributed by atoms with Crippen molar-refractivity contribution in [2.45, 2.75) is 51.0 Å². The molecule has 1 heterocycles. The van der Waals surface area contributed by atoms with E-state index >= 15 is 0 Å². The quantitative estimate of drug-likeness (QED) is 0.843. The monoisotopic (exact) mass is 331 g/mol. The lowest BCUT2D eigenvalue weighted by atomic mass is 9.94. The van der Waals surface area contributed by atoms with Crippen LogP contribution < -0.4 is 5.32 Å². The van der Waals surface area contributed by atoms with Crippen LogP contribution in [0, 0.1) is 11.8 Å². The molecule has 1 aliphatic heterocycles. The molecule has 1 saturated carbocycles. The van der Waals surface area contributed by atoms with Crippen LogP contribution in [-0.4, -0.2) is 36.9 Å². The van der Waals surface area contributed by atoms with Gasteiger partial charge in [-0.05, 0) is 48.1 Å². The Hall–Kier alpha value is -1.39. The van der Waals surface area contributed by atoms with Crippen molar-refractivity contribution in [1.29, 1.82) is 0 Å². The molecule has 1 saturated heterocycles. The van der Waals surface area contributed by atoms with Crippen molar-refractivity contribution >= 4 is 5.91 Å². The second-order valence-corrected chi connectivity index (χ2v) is 7.53. The highest BCUT2D eigenvalue weighted by Crippen LogP contribution is 2.47. The topological polar surface area (TPSA) is 58.6 Å². The average Bonchev–Trinajstić information content (AvgIpc) is 3.41. The first-order chi connectivity index (χ1) is 11.6. The minimum absolute atomic E-state index is 0.0665. The van der Waals surface area contributed by atoms with E-state index < -0.39 is 6.10 Å². The second-order valence-electron chi connectivity index (χ2n) is 7.53. The number of amides is 1. The van der Waals surface area contributed by atoms with Crippen molar-refractivity contribution in [2.24, 2.45) is 11.8 Å². The summed E-state index contributed by atoms with van der Waals surface area (Å²) in [5.74, 6) is 1.27. The lowest BCUT2D eigenvalue weighted by Crippen LogP contribution is -2.39. The fourth-order valence-corrected chi connectivity index (χ4v) is 3.58. The minimum atomic E-state index is -0.458. The molecule has 1 amide bonds. The largest absolute Gasteiger partial charge is 0.391 e. The van der Waals surface area contributed by atoms with Crippen LogP contribution in [0.15, 0.2) is 24.3 Å². The summed E-state index contributed by atoms with van der Waals surface area (Å²) >= 11 is 0. The van der Waals surface area contributed by atoms with E-state index in [9.17, 15) is 9.90 Å². The summed E-state index contributed by atoms with van der Waals surface area (Å²) in [6.45, 7) is 6.16. The molecule has 0 spiro atoms. The van der Waals surface area contributed by atoms with E-state index in [-0.39, 0.29) is 17.7 Å². The van der Waals surface area contributed by atoms with E-state index in [4.69, 9.17) is 4.74 Å². The van der Waals surface area contributed by atoms with Gasteiger partial charge in [-0.15, -0.1) is 0 Å². The number of carbonyl (C=O) groups excluding carboxylic acids is 1. The van der Waals surface area contributed by atoms with Gasteiger partial charge in [0.15, 0.2) is 0 Å². The van der Waals surface area contributed by atoms with Crippen LogP contribution in [0.25, 0.3) is 0 Å². The Morgan fingerprint density at radius 2 is 1.92 bits per heavy atom. The maximum Gasteiger partial charge on any atom is 0.223 e. The fourth-order valence-electron chi connectivity index (χ4n) is 3.58. The zero-order valence-electron chi connectivity index (χ0n) is 14.7. The highest BCUT2D eigenvalue weighted by atomic mass is 16.5. The molecule has 3 rings (SSSR count). The zero-order chi connectivity index (χ0) is 17.1. The smallest absolute Gasteiger partial charge is 0.223 e. The lowest BCUT2D eigenvalue weighted by molar-refractivity contribution is -0.123. The first-order valence-electron chi connectivity index (χ1n) is 9.19. The first-order valence-corrected chi connectivity index (χ1v) is 9.19. The standard InChI is InChI=1S/C20H29NO3/c1-13(2)14-3-5-15(6-4-14)17-11-18(17)20(23)21-12-19(22)16-7-9-24-10-8-16/h3-6,13,16-19,22H,7-12H2,1-2H3,(H,21,23)/t17-,18+,19-/m0/s1. The Labute approximate surface area is 144 Å². The number of aliphatic hydroxyl groups excluding tert-OH is 1. The van der Waals surface area contributed by atoms with Crippen LogP contribution in [0.5, 0.6) is 0 Å². The predicted molar refractivity (Wildman–Crippen MR) is 93.9 cm³/mol. The molecule has 1 aliphatic carbocycles. The number of ether oxygens (including phenoxy) is 1. The summed E-state index contributed by atoms with van der Waals surface area (Å²) in [5, 5.41) is 13.2. The van der Waals surface area contributed by atoms with E-state index in [0.717, 1.165) is 19.3 Å². The Kier molecular flexibility index (Phi) is 5.57. The third-order valence-corrected chi connectivity index (χ3v) is 5.45. The first kappa shape index (κ1) is 17.4. The molecule has 0 aromatic heterocycles. The summed E-state index contributed by atoms with van der Waals surface area (Å²) < 4.78 is 5.31. The molecule has 2 N–H and O–H groups in total. The van der Waals surface area contributed by atoms with Gasteiger partial charge >= 0.3 is 0 Å². The van der Waals surface area contributed by atoms with Gasteiger partial charge in [-0.3, -0.25) is 4.79 Å². The normalized spacial score (nSPS) is 25.5. The summed E-state index contributed by atoms with van der Waals surface area (Å²) in [7, 11) is 0. The van der Waals surface area contributed by atoms with Crippen molar-refractivity contribution in [1.82, 2.24) is 5.32 Å². The molecule has 1 aromatic carbocycles. The van der Waals surface area contributed by atoms with Crippen LogP contribution in [0.2, 0.25) is 0 Å². The van der Waals surface area contributed by atoms with Crippen LogP contribution in [0.1, 0.15) is 56.1 Å². The Morgan fingerprint density at radius 3 is 2.54 bits per heavy atom. The zero-order valence-corrected chi connectivity index (χ0v) is 14.7. The highest BCUT2D eigenvalue weighted by Gasteiger charge is 2.43. The van der Waals surface area contributed by atoms with E-state index in [1.54, 1.807) is 0 Å². The van der Waals surface area contributed by atoms with Gasteiger partial charge in [0.25, 0.3) is 0 Å². The number of hydrogen-bond acceptors (Lipinski definition) is 3. The molecular weight excluding hydrogens is 302 g/mol. The van der Waals surface area contributed by atoms with Gasteiger partial charge in [0, 0.05) is 25.7 Å². The van der Waals surface area contributed by atoms with Gasteiger partial charge in [0.05, 0.1) is 6.10 Å². The van der Waals surface area contributed by atoms with Crippen LogP contribution >= 0.6 is 0 Å². The summed E-state index contributed by atoms with van der Waals surface area (Å²) in [6, 6.07) is 8.65. The third-order valence-electron chi connectivity index (χ3n) is 5.45. The second kappa shape index (κ2) is 7.66. The molecule has 0 unspecified atom stereocenters. The van der Waals surface area contributed by atoms with Gasteiger partial charge in [-0.2, -0.15) is 0 Å². The van der Waals surface area contributed by atoms with E-state index in [0.29, 0.717) is 31.6 Å². The number of aliphatic hydroxyl groups is 1. The minimum Gasteiger partial charge on any atom is -0.391 e. The van der Waals surface area contributed by atoms with Crippen molar-refractivity contribution in [3.05, 3.63) is 35.4 Å². The molecule has 0 bridgehead atoms. The van der Waals surface area contributed by atoms with Crippen molar-refractivity contribution in [3.8, 4) is 0 Å². The number of hydrogen-bond donors (Lipinski definition) is 2. The van der Waals surface area contributed by atoms with Gasteiger partial charge in [-0.1, -0.05) is 38.1 Å². The molecule has 2 fully saturated rings. The Bertz CT molecular complexity index is 549. The fraction of sp³-hybridized carbons (Fsp3) is 0.650. The van der Waals surface area contributed by atoms with Gasteiger partial charge in [0.2, 0.25) is 5.91 Å². The third kappa shape index (κ3) is 4.17. The Balaban J connectivity index is 1.45. The van der Waals surface area contributed by atoms with Crippen LogP contribution in [-0.2, 0) is 9.53 Å². The van der Waals surface area contributed by atoms with E-state index in [1.807, 2.05) is 0 Å².